The molecule has 1 spiro atoms. The molecule has 3 aromatic carbocycles. The van der Waals surface area contributed by atoms with Gasteiger partial charge in [-0.1, -0.05) is 88.7 Å². The van der Waals surface area contributed by atoms with Gasteiger partial charge in [0.1, 0.15) is 17.7 Å². The van der Waals surface area contributed by atoms with Crippen molar-refractivity contribution < 1.29 is 33.8 Å². The number of esters is 1. The summed E-state index contributed by atoms with van der Waals surface area (Å²) in [5.74, 6) is -3.69. The zero-order valence-corrected chi connectivity index (χ0v) is 30.2. The SMILES string of the molecule is C=CCCC(=O)NC[C@H](C)OC(=O)[C@@H]1[C@H]2O[C@@]3(CC2Br)[C@H](C(=O)N(CC=C)c2ccc4ccccc4c2)N([C@@H](CO)Cc2ccccc2)C(=O)[C@@H]13. The van der Waals surface area contributed by atoms with Crippen LogP contribution in [0, 0.1) is 11.8 Å². The number of alkyl halides is 1. The first kappa shape index (κ1) is 36.5. The number of nitrogens with zero attached hydrogens (tertiary/aromatic N) is 2. The van der Waals surface area contributed by atoms with E-state index in [0.29, 0.717) is 18.5 Å². The normalized spacial score (nSPS) is 26.0. The fourth-order valence-electron chi connectivity index (χ4n) is 7.99. The second-order valence-corrected chi connectivity index (χ2v) is 14.8. The lowest BCUT2D eigenvalue weighted by Crippen LogP contribution is -2.59. The molecule has 10 nitrogen and oxygen atoms in total. The summed E-state index contributed by atoms with van der Waals surface area (Å²) < 4.78 is 12.6. The first-order chi connectivity index (χ1) is 24.6. The first-order valence-corrected chi connectivity index (χ1v) is 18.3. The smallest absolute Gasteiger partial charge is 0.312 e. The second kappa shape index (κ2) is 15.5. The first-order valence-electron chi connectivity index (χ1n) is 17.4. The van der Waals surface area contributed by atoms with Gasteiger partial charge in [0.05, 0.1) is 37.1 Å². The average Bonchev–Trinajstić information content (AvgIpc) is 3.74. The minimum Gasteiger partial charge on any atom is -0.460 e. The third kappa shape index (κ3) is 6.99. The number of rotatable bonds is 15. The Balaban J connectivity index is 1.37. The molecule has 3 amide bonds. The quantitative estimate of drug-likeness (QED) is 0.131. The minimum absolute atomic E-state index is 0.0978. The van der Waals surface area contributed by atoms with Crippen LogP contribution in [0.25, 0.3) is 10.8 Å². The Hall–Kier alpha value is -4.32. The number of nitrogens with one attached hydrogen (secondary N) is 1. The zero-order valence-electron chi connectivity index (χ0n) is 28.7. The van der Waals surface area contributed by atoms with E-state index in [1.54, 1.807) is 24.0 Å². The average molecular weight is 759 g/mol. The molecular formula is C40H44BrN3O7. The van der Waals surface area contributed by atoms with E-state index in [0.717, 1.165) is 16.3 Å². The van der Waals surface area contributed by atoms with Crippen LogP contribution < -0.4 is 10.2 Å². The molecule has 0 aliphatic carbocycles. The van der Waals surface area contributed by atoms with Gasteiger partial charge in [0, 0.05) is 23.5 Å². The number of fused-ring (bicyclic) bond motifs is 2. The lowest BCUT2D eigenvalue weighted by atomic mass is 9.70. The van der Waals surface area contributed by atoms with Crippen molar-refractivity contribution in [2.24, 2.45) is 11.8 Å². The van der Waals surface area contributed by atoms with Crippen molar-refractivity contribution in [1.29, 1.82) is 0 Å². The van der Waals surface area contributed by atoms with E-state index in [2.05, 4.69) is 34.4 Å². The Labute approximate surface area is 306 Å². The van der Waals surface area contributed by atoms with Gasteiger partial charge in [-0.15, -0.1) is 13.2 Å². The molecule has 6 rings (SSSR count). The number of allylic oxidation sites excluding steroid dienone is 1. The number of benzene rings is 3. The Morgan fingerprint density at radius 1 is 1.10 bits per heavy atom. The van der Waals surface area contributed by atoms with Crippen molar-refractivity contribution in [1.82, 2.24) is 10.2 Å². The molecule has 51 heavy (non-hydrogen) atoms. The number of hydrogen-bond donors (Lipinski definition) is 2. The van der Waals surface area contributed by atoms with Crippen molar-refractivity contribution >= 4 is 56.1 Å². The molecule has 8 atom stereocenters. The van der Waals surface area contributed by atoms with Crippen LogP contribution in [0.4, 0.5) is 5.69 Å². The summed E-state index contributed by atoms with van der Waals surface area (Å²) in [4.78, 5) is 58.9. The monoisotopic (exact) mass is 757 g/mol. The van der Waals surface area contributed by atoms with Crippen LogP contribution in [-0.2, 0) is 35.1 Å². The molecule has 3 fully saturated rings. The zero-order chi connectivity index (χ0) is 36.3. The summed E-state index contributed by atoms with van der Waals surface area (Å²) in [6.45, 7) is 9.07. The van der Waals surface area contributed by atoms with Crippen LogP contribution in [0.15, 0.2) is 98.1 Å². The summed E-state index contributed by atoms with van der Waals surface area (Å²) >= 11 is 3.72. The number of ether oxygens (including phenoxy) is 2. The Kier molecular flexibility index (Phi) is 11.1. The standard InChI is InChI=1S/C40H44BrN3O7/c1-4-6-16-32(46)42-23-25(3)50-39(49)33-34-37(47)44(30(24-45)20-26-12-8-7-9-13-26)36(40(34)22-31(41)35(33)51-40)38(48)43(19-5-2)29-18-17-27-14-10-11-15-28(27)21-29/h4-5,7-15,17-18,21,25,30-31,33-36,45H,1-2,6,16,19-20,22-24H2,3H3,(H,42,46)/t25-,30+,31?,33-,34+,35-,36-,40+/m0/s1. The molecule has 3 aliphatic rings. The number of anilines is 1. The van der Waals surface area contributed by atoms with Crippen LogP contribution in [0.1, 0.15) is 31.7 Å². The van der Waals surface area contributed by atoms with E-state index < -0.39 is 66.1 Å². The molecule has 3 saturated heterocycles. The molecule has 0 radical (unpaired) electrons. The number of aliphatic hydroxyl groups excluding tert-OH is 1. The summed E-state index contributed by atoms with van der Waals surface area (Å²) in [7, 11) is 0. The topological polar surface area (TPSA) is 125 Å². The maximum absolute atomic E-state index is 15.2. The van der Waals surface area contributed by atoms with Gasteiger partial charge in [0.15, 0.2) is 0 Å². The second-order valence-electron chi connectivity index (χ2n) is 13.6. The summed E-state index contributed by atoms with van der Waals surface area (Å²) in [5, 5.41) is 15.6. The highest BCUT2D eigenvalue weighted by Gasteiger charge is 2.77. The molecule has 3 aliphatic heterocycles. The lowest BCUT2D eigenvalue weighted by Gasteiger charge is -2.39. The van der Waals surface area contributed by atoms with Gasteiger partial charge in [-0.2, -0.15) is 0 Å². The molecular weight excluding hydrogens is 714 g/mol. The molecule has 1 unspecified atom stereocenters. The van der Waals surface area contributed by atoms with E-state index in [4.69, 9.17) is 9.47 Å². The Morgan fingerprint density at radius 2 is 1.82 bits per heavy atom. The maximum Gasteiger partial charge on any atom is 0.312 e. The van der Waals surface area contributed by atoms with Gasteiger partial charge >= 0.3 is 5.97 Å². The number of carbonyl (C=O) groups excluding carboxylic acids is 4. The Bertz CT molecular complexity index is 1800. The van der Waals surface area contributed by atoms with E-state index in [1.807, 2.05) is 72.8 Å². The Morgan fingerprint density at radius 3 is 2.53 bits per heavy atom. The van der Waals surface area contributed by atoms with Crippen molar-refractivity contribution in [3.05, 3.63) is 104 Å². The minimum atomic E-state index is -1.38. The number of likely N-dealkylation sites (tertiary alicyclic amines) is 1. The van der Waals surface area contributed by atoms with Crippen molar-refractivity contribution in [2.75, 3.05) is 24.6 Å². The maximum atomic E-state index is 15.2. The highest BCUT2D eigenvalue weighted by atomic mass is 79.9. The summed E-state index contributed by atoms with van der Waals surface area (Å²) in [6.07, 6.45) is 3.26. The molecule has 0 saturated carbocycles. The van der Waals surface area contributed by atoms with Crippen LogP contribution in [0.5, 0.6) is 0 Å². The molecule has 3 heterocycles. The molecule has 268 valence electrons. The van der Waals surface area contributed by atoms with Gasteiger partial charge in [-0.25, -0.2) is 0 Å². The number of amides is 3. The van der Waals surface area contributed by atoms with Gasteiger partial charge < -0.3 is 29.7 Å². The molecule has 11 heteroatoms. The molecule has 3 aromatic rings. The highest BCUT2D eigenvalue weighted by molar-refractivity contribution is 9.09. The number of carbonyl (C=O) groups is 4. The fraction of sp³-hybridized carbons (Fsp3) is 0.400. The molecule has 0 aromatic heterocycles. The third-order valence-electron chi connectivity index (χ3n) is 10.3. The number of halogens is 1. The van der Waals surface area contributed by atoms with Crippen LogP contribution >= 0.6 is 15.9 Å². The largest absolute Gasteiger partial charge is 0.460 e. The van der Waals surface area contributed by atoms with Gasteiger partial charge in [0.2, 0.25) is 11.8 Å². The van der Waals surface area contributed by atoms with E-state index >= 15 is 4.79 Å². The number of aliphatic hydroxyl groups is 1. The predicted octanol–water partition coefficient (Wildman–Crippen LogP) is 4.72. The highest BCUT2D eigenvalue weighted by Crippen LogP contribution is 2.61. The predicted molar refractivity (Wildman–Crippen MR) is 198 cm³/mol. The van der Waals surface area contributed by atoms with Crippen LogP contribution in [0.3, 0.4) is 0 Å². The lowest BCUT2D eigenvalue weighted by molar-refractivity contribution is -0.159. The summed E-state index contributed by atoms with van der Waals surface area (Å²) in [5.41, 5.74) is 0.127. The van der Waals surface area contributed by atoms with Crippen LogP contribution in [-0.4, -0.2) is 88.1 Å². The van der Waals surface area contributed by atoms with Crippen molar-refractivity contribution in [3.63, 3.8) is 0 Å². The number of hydrogen-bond acceptors (Lipinski definition) is 7. The van der Waals surface area contributed by atoms with E-state index in [-0.39, 0.29) is 36.7 Å². The van der Waals surface area contributed by atoms with Crippen molar-refractivity contribution in [2.45, 2.75) is 67.3 Å². The summed E-state index contributed by atoms with van der Waals surface area (Å²) in [6, 6.07) is 21.1. The van der Waals surface area contributed by atoms with Crippen molar-refractivity contribution in [3.8, 4) is 0 Å². The molecule has 2 bridgehead atoms. The van der Waals surface area contributed by atoms with Gasteiger partial charge in [-0.05, 0) is 54.7 Å². The van der Waals surface area contributed by atoms with Gasteiger partial charge in [0.25, 0.3) is 5.91 Å². The van der Waals surface area contributed by atoms with Gasteiger partial charge in [-0.3, -0.25) is 19.2 Å². The third-order valence-corrected chi connectivity index (χ3v) is 11.1. The fourth-order valence-corrected chi connectivity index (χ4v) is 8.93. The van der Waals surface area contributed by atoms with Crippen LogP contribution in [0.2, 0.25) is 0 Å². The van der Waals surface area contributed by atoms with E-state index in [9.17, 15) is 19.5 Å². The molecule has 2 N–H and O–H groups in total. The van der Waals surface area contributed by atoms with E-state index in [1.165, 1.54) is 4.90 Å².